The number of carboxylic acids is 2. The lowest BCUT2D eigenvalue weighted by atomic mass is 9.91. The molecule has 4 aromatic rings. The number of phenols is 3. The minimum atomic E-state index is -1.36. The van der Waals surface area contributed by atoms with Gasteiger partial charge < -0.3 is 46.2 Å². The van der Waals surface area contributed by atoms with Crippen LogP contribution in [-0.2, 0) is 30.5 Å². The van der Waals surface area contributed by atoms with Crippen LogP contribution in [0, 0.1) is 0 Å². The molecule has 20 nitrogen and oxygen atoms in total. The van der Waals surface area contributed by atoms with E-state index >= 15 is 0 Å². The largest absolute Gasteiger partial charge is 0.508 e. The molecule has 2 aromatic carbocycles. The van der Waals surface area contributed by atoms with Crippen LogP contribution >= 0.6 is 23.5 Å². The third kappa shape index (κ3) is 7.19. The van der Waals surface area contributed by atoms with Crippen molar-refractivity contribution in [3.8, 4) is 17.2 Å². The number of benzene rings is 2. The summed E-state index contributed by atoms with van der Waals surface area (Å²) in [6.45, 7) is -0.392. The van der Waals surface area contributed by atoms with Crippen molar-refractivity contribution in [2.24, 2.45) is 11.5 Å². The fraction of sp³-hybridized carbons (Fsp3) is 0.233. The van der Waals surface area contributed by atoms with E-state index in [4.69, 9.17) is 25.7 Å². The summed E-state index contributed by atoms with van der Waals surface area (Å²) < 4.78 is 11.7. The monoisotopic (exact) mass is 757 g/mol. The maximum Gasteiger partial charge on any atom is 0.352 e. The number of hydrogen-bond acceptors (Lipinski definition) is 16. The first-order valence-corrected chi connectivity index (χ1v) is 16.6. The Morgan fingerprint density at radius 2 is 1.75 bits per heavy atom. The Labute approximate surface area is 298 Å². The Kier molecular flexibility index (Phi) is 10.7. The zero-order valence-corrected chi connectivity index (χ0v) is 28.2. The number of methoxy groups -OCH3 is 1. The van der Waals surface area contributed by atoms with E-state index in [1.165, 1.54) is 48.0 Å². The topological polar surface area (TPSA) is 325 Å². The van der Waals surface area contributed by atoms with E-state index in [0.29, 0.717) is 11.3 Å². The maximum absolute atomic E-state index is 12.7. The van der Waals surface area contributed by atoms with Crippen molar-refractivity contribution in [2.45, 2.75) is 29.1 Å². The highest BCUT2D eigenvalue weighted by Crippen LogP contribution is 2.42. The molecule has 4 heterocycles. The fourth-order valence-electron chi connectivity index (χ4n) is 5.31. The Hall–Kier alpha value is -6.13. The molecule has 2 aliphatic rings. The standard InChI is InChI=1S/C18H14N2O7.C12H13N5O6S2/c19-17(25)13(7-1-3-8(21)4-2-7)16-14(18(20)26)15(24)9-5-10(22)11(23)6-12(9)27-16;1-23-8-9(20)17-7(11(21)22)5(3-24-10(8)17)4-25-12-13-14-15-16(12)2-6(18)19/h1-6,13,21-23H,(H2,19,25)(H2,20,26);8,10H,2-4H2,1H3,(H,18,19)(H,21,22)/t;8-,10+/m.1/s1. The highest BCUT2D eigenvalue weighted by molar-refractivity contribution is 8.01. The van der Waals surface area contributed by atoms with Crippen LogP contribution < -0.4 is 16.9 Å². The summed E-state index contributed by atoms with van der Waals surface area (Å²) in [6.07, 6.45) is -0.628. The third-order valence-electron chi connectivity index (χ3n) is 7.65. The molecule has 2 aliphatic heterocycles. The number of fused-ring (bicyclic) bond motifs is 2. The number of primary amides is 2. The summed E-state index contributed by atoms with van der Waals surface area (Å²) in [6, 6.07) is 7.21. The van der Waals surface area contributed by atoms with Crippen molar-refractivity contribution in [3.63, 3.8) is 0 Å². The highest BCUT2D eigenvalue weighted by Gasteiger charge is 2.54. The van der Waals surface area contributed by atoms with E-state index in [0.717, 1.165) is 28.6 Å². The molecule has 272 valence electrons. The number of ether oxygens (including phenoxy) is 1. The number of tetrazole rings is 1. The molecular weight excluding hydrogens is 731 g/mol. The smallest absolute Gasteiger partial charge is 0.352 e. The number of aliphatic carboxylic acids is 2. The second-order valence-electron chi connectivity index (χ2n) is 10.9. The molecule has 0 bridgehead atoms. The molecule has 3 atom stereocenters. The second-order valence-corrected chi connectivity index (χ2v) is 13.0. The van der Waals surface area contributed by atoms with E-state index in [-0.39, 0.29) is 50.2 Å². The first-order valence-electron chi connectivity index (χ1n) is 14.6. The number of rotatable bonds is 11. The summed E-state index contributed by atoms with van der Waals surface area (Å²) in [5.41, 5.74) is 9.83. The molecule has 0 aliphatic carbocycles. The van der Waals surface area contributed by atoms with Gasteiger partial charge in [-0.2, -0.15) is 0 Å². The van der Waals surface area contributed by atoms with Crippen molar-refractivity contribution in [3.05, 3.63) is 74.8 Å². The van der Waals surface area contributed by atoms with Gasteiger partial charge in [0.1, 0.15) is 46.2 Å². The Balaban J connectivity index is 0.000000202. The number of nitrogens with two attached hydrogens (primary N) is 2. The van der Waals surface area contributed by atoms with Gasteiger partial charge in [-0.05, 0) is 39.8 Å². The minimum Gasteiger partial charge on any atom is -0.508 e. The second kappa shape index (κ2) is 15.0. The summed E-state index contributed by atoms with van der Waals surface area (Å²) in [7, 11) is 1.41. The van der Waals surface area contributed by atoms with Crippen LogP contribution in [0.5, 0.6) is 17.2 Å². The SMILES string of the molecule is CO[C@@H]1C(=O)N2C(C(=O)O)=C(CSc3nnnn3CC(=O)O)CS[C@@H]12.NC(=O)c1c(C(C(N)=O)c2ccc(O)cc2)oc2cc(O)c(O)cc2c1=O. The van der Waals surface area contributed by atoms with Crippen LogP contribution in [0.2, 0.25) is 0 Å². The number of phenolic OH excluding ortho intramolecular Hbond substituents is 3. The van der Waals surface area contributed by atoms with Crippen LogP contribution in [-0.4, -0.2) is 110 Å². The van der Waals surface area contributed by atoms with Crippen LogP contribution in [0.3, 0.4) is 0 Å². The van der Waals surface area contributed by atoms with Gasteiger partial charge in [-0.3, -0.25) is 28.9 Å². The summed E-state index contributed by atoms with van der Waals surface area (Å²) in [5.74, 6) is -7.09. The number of carbonyl (C=O) groups excluding carboxylic acids is 3. The third-order valence-corrected chi connectivity index (χ3v) is 10.0. The molecule has 9 N–H and O–H groups in total. The molecule has 22 heteroatoms. The van der Waals surface area contributed by atoms with E-state index < -0.39 is 70.6 Å². The van der Waals surface area contributed by atoms with E-state index in [9.17, 15) is 49.2 Å². The summed E-state index contributed by atoms with van der Waals surface area (Å²) in [4.78, 5) is 72.4. The van der Waals surface area contributed by atoms with Gasteiger partial charge in [-0.25, -0.2) is 9.48 Å². The van der Waals surface area contributed by atoms with Crippen LogP contribution in [0.15, 0.2) is 62.0 Å². The molecule has 52 heavy (non-hydrogen) atoms. The fourth-order valence-corrected chi connectivity index (χ4v) is 7.69. The molecule has 3 amide bonds. The van der Waals surface area contributed by atoms with E-state index in [1.807, 2.05) is 0 Å². The van der Waals surface area contributed by atoms with Crippen molar-refractivity contribution in [2.75, 3.05) is 18.6 Å². The Morgan fingerprint density at radius 1 is 1.08 bits per heavy atom. The lowest BCUT2D eigenvalue weighted by Gasteiger charge is -2.48. The molecule has 2 aromatic heterocycles. The molecule has 1 fully saturated rings. The van der Waals surface area contributed by atoms with Crippen LogP contribution in [0.4, 0.5) is 0 Å². The zero-order chi connectivity index (χ0) is 38.0. The lowest BCUT2D eigenvalue weighted by molar-refractivity contribution is -0.162. The molecule has 0 saturated carbocycles. The van der Waals surface area contributed by atoms with Crippen molar-refractivity contribution in [1.29, 1.82) is 0 Å². The number of aromatic hydroxyl groups is 3. The van der Waals surface area contributed by atoms with Crippen molar-refractivity contribution in [1.82, 2.24) is 25.1 Å². The van der Waals surface area contributed by atoms with Gasteiger partial charge in [-0.15, -0.1) is 16.9 Å². The number of nitrogens with zero attached hydrogens (tertiary/aromatic N) is 5. The lowest BCUT2D eigenvalue weighted by Crippen LogP contribution is -2.65. The average Bonchev–Trinajstić information content (AvgIpc) is 3.51. The predicted octanol–water partition coefficient (Wildman–Crippen LogP) is -0.255. The van der Waals surface area contributed by atoms with Crippen molar-refractivity contribution < 1.29 is 58.7 Å². The van der Waals surface area contributed by atoms with E-state index in [1.54, 1.807) is 0 Å². The summed E-state index contributed by atoms with van der Waals surface area (Å²) >= 11 is 2.54. The maximum atomic E-state index is 12.7. The molecule has 1 unspecified atom stereocenters. The van der Waals surface area contributed by atoms with Gasteiger partial charge in [0.25, 0.3) is 11.8 Å². The number of thioether (sulfide) groups is 2. The van der Waals surface area contributed by atoms with Gasteiger partial charge in [0.2, 0.25) is 16.5 Å². The first kappa shape index (κ1) is 37.1. The predicted molar refractivity (Wildman–Crippen MR) is 178 cm³/mol. The Morgan fingerprint density at radius 3 is 2.35 bits per heavy atom. The minimum absolute atomic E-state index is 0.0493. The van der Waals surface area contributed by atoms with Crippen LogP contribution in [0.1, 0.15) is 27.6 Å². The Bertz CT molecular complexity index is 2200. The quantitative estimate of drug-likeness (QED) is 0.0589. The number of amides is 3. The van der Waals surface area contributed by atoms with Crippen molar-refractivity contribution >= 4 is 64.2 Å². The summed E-state index contributed by atoms with van der Waals surface area (Å²) in [5, 5.41) is 57.4. The molecule has 1 saturated heterocycles. The van der Waals surface area contributed by atoms with Gasteiger partial charge in [0, 0.05) is 24.7 Å². The van der Waals surface area contributed by atoms with Crippen LogP contribution in [0.25, 0.3) is 11.0 Å². The van der Waals surface area contributed by atoms with E-state index in [2.05, 4.69) is 15.5 Å². The number of carboxylic acid groups (broad SMARTS) is 2. The van der Waals surface area contributed by atoms with Gasteiger partial charge in [0.05, 0.1) is 5.39 Å². The number of β-lactam (4-membered cyclic amide) rings is 1. The zero-order valence-electron chi connectivity index (χ0n) is 26.5. The molecule has 0 radical (unpaired) electrons. The number of aromatic nitrogens is 4. The van der Waals surface area contributed by atoms with Gasteiger partial charge >= 0.3 is 11.9 Å². The number of carbonyl (C=O) groups is 5. The van der Waals surface area contributed by atoms with Gasteiger partial charge in [-0.1, -0.05) is 23.9 Å². The molecule has 0 spiro atoms. The number of hydrogen-bond donors (Lipinski definition) is 7. The normalized spacial score (nSPS) is 17.1. The highest BCUT2D eigenvalue weighted by atomic mass is 32.2. The average molecular weight is 758 g/mol. The van der Waals surface area contributed by atoms with Gasteiger partial charge in [0.15, 0.2) is 17.6 Å². The molecule has 6 rings (SSSR count). The first-order chi connectivity index (χ1) is 24.6. The molecular formula is C30H27N7O13S2.